The Morgan fingerprint density at radius 2 is 1.97 bits per heavy atom. The van der Waals surface area contributed by atoms with E-state index in [4.69, 9.17) is 0 Å². The Labute approximate surface area is 191 Å². The first-order valence-corrected chi connectivity index (χ1v) is 11.7. The van der Waals surface area contributed by atoms with Crippen LogP contribution in [0.4, 0.5) is 0 Å². The molecule has 1 fully saturated rings. The summed E-state index contributed by atoms with van der Waals surface area (Å²) in [5.41, 5.74) is 0. The summed E-state index contributed by atoms with van der Waals surface area (Å²) in [5, 5.41) is 6.42. The molecule has 9 heteroatoms. The molecule has 0 bridgehead atoms. The average Bonchev–Trinajstić information content (AvgIpc) is 3.10. The summed E-state index contributed by atoms with van der Waals surface area (Å²) in [6.07, 6.45) is 3.06. The Balaban J connectivity index is 0.00000420. The third-order valence-corrected chi connectivity index (χ3v) is 6.56. The molecule has 0 spiro atoms. The highest BCUT2D eigenvalue weighted by atomic mass is 127. The van der Waals surface area contributed by atoms with E-state index in [-0.39, 0.29) is 41.7 Å². The van der Waals surface area contributed by atoms with Crippen molar-refractivity contribution in [3.63, 3.8) is 0 Å². The molecule has 2 rings (SSSR count). The number of likely N-dealkylation sites (tertiary alicyclic amines) is 1. The molecule has 1 aromatic carbocycles. The van der Waals surface area contributed by atoms with E-state index in [1.165, 1.54) is 0 Å². The van der Waals surface area contributed by atoms with Gasteiger partial charge in [-0.2, -0.15) is 0 Å². The Morgan fingerprint density at radius 1 is 1.24 bits per heavy atom. The molecule has 0 saturated carbocycles. The van der Waals surface area contributed by atoms with Gasteiger partial charge in [-0.15, -0.1) is 24.0 Å². The van der Waals surface area contributed by atoms with Crippen LogP contribution >= 0.6 is 24.0 Å². The van der Waals surface area contributed by atoms with Crippen LogP contribution in [0.15, 0.2) is 40.2 Å². The molecule has 1 atom stereocenters. The lowest BCUT2D eigenvalue weighted by Gasteiger charge is -2.20. The first-order chi connectivity index (χ1) is 13.5. The zero-order chi connectivity index (χ0) is 20.4. The van der Waals surface area contributed by atoms with Crippen molar-refractivity contribution < 1.29 is 13.2 Å². The zero-order valence-corrected chi connectivity index (χ0v) is 20.4. The number of carbonyl (C=O) groups excluding carboxylic acids is 1. The van der Waals surface area contributed by atoms with Crippen molar-refractivity contribution in [3.8, 4) is 0 Å². The molecule has 0 radical (unpaired) electrons. The van der Waals surface area contributed by atoms with Gasteiger partial charge in [0.05, 0.1) is 10.6 Å². The number of sulfone groups is 1. The molecule has 1 aliphatic rings. The Hall–Kier alpha value is -1.36. The third kappa shape index (κ3) is 8.49. The van der Waals surface area contributed by atoms with E-state index >= 15 is 0 Å². The van der Waals surface area contributed by atoms with Gasteiger partial charge < -0.3 is 15.5 Å². The number of hydrogen-bond acceptors (Lipinski definition) is 4. The van der Waals surface area contributed by atoms with Gasteiger partial charge in [-0.25, -0.2) is 8.42 Å². The average molecular weight is 536 g/mol. The molecule has 1 aromatic rings. The molecular weight excluding hydrogens is 503 g/mol. The van der Waals surface area contributed by atoms with Gasteiger partial charge in [0.25, 0.3) is 0 Å². The molecule has 0 aliphatic carbocycles. The number of aliphatic imine (C=N–C) groups is 1. The minimum absolute atomic E-state index is 0. The lowest BCUT2D eigenvalue weighted by Crippen LogP contribution is -2.46. The Morgan fingerprint density at radius 3 is 2.55 bits per heavy atom. The largest absolute Gasteiger partial charge is 0.357 e. The second kappa shape index (κ2) is 13.0. The van der Waals surface area contributed by atoms with Crippen LogP contribution in [0, 0.1) is 0 Å². The van der Waals surface area contributed by atoms with Crippen molar-refractivity contribution in [1.82, 2.24) is 15.5 Å². The quantitative estimate of drug-likeness (QED) is 0.208. The normalized spacial score (nSPS) is 15.7. The zero-order valence-electron chi connectivity index (χ0n) is 17.3. The van der Waals surface area contributed by atoms with Crippen LogP contribution in [-0.2, 0) is 14.6 Å². The highest BCUT2D eigenvalue weighted by molar-refractivity contribution is 14.0. The number of amides is 1. The maximum Gasteiger partial charge on any atom is 0.222 e. The van der Waals surface area contributed by atoms with E-state index in [0.29, 0.717) is 36.8 Å². The number of carbonyl (C=O) groups is 1. The van der Waals surface area contributed by atoms with Gasteiger partial charge in [-0.1, -0.05) is 25.1 Å². The monoisotopic (exact) mass is 536 g/mol. The fourth-order valence-electron chi connectivity index (χ4n) is 3.16. The number of rotatable bonds is 10. The summed E-state index contributed by atoms with van der Waals surface area (Å²) in [6, 6.07) is 8.29. The van der Waals surface area contributed by atoms with Crippen LogP contribution in [0.1, 0.15) is 39.5 Å². The molecule has 1 heterocycles. The number of nitrogens with one attached hydrogen (secondary N) is 2. The number of benzene rings is 1. The van der Waals surface area contributed by atoms with E-state index in [1.54, 1.807) is 30.3 Å². The summed E-state index contributed by atoms with van der Waals surface area (Å²) in [4.78, 5) is 18.4. The van der Waals surface area contributed by atoms with E-state index in [9.17, 15) is 13.2 Å². The minimum Gasteiger partial charge on any atom is -0.357 e. The summed E-state index contributed by atoms with van der Waals surface area (Å²) in [7, 11) is -3.36. The van der Waals surface area contributed by atoms with Crippen molar-refractivity contribution in [1.29, 1.82) is 0 Å². The first kappa shape index (κ1) is 25.7. The van der Waals surface area contributed by atoms with E-state index in [1.807, 2.05) is 18.7 Å². The van der Waals surface area contributed by atoms with Crippen LogP contribution in [0.2, 0.25) is 0 Å². The second-order valence-electron chi connectivity index (χ2n) is 6.94. The first-order valence-electron chi connectivity index (χ1n) is 10.1. The van der Waals surface area contributed by atoms with Gasteiger partial charge in [-0.05, 0) is 38.3 Å². The van der Waals surface area contributed by atoms with Crippen LogP contribution in [0.25, 0.3) is 0 Å². The van der Waals surface area contributed by atoms with Crippen molar-refractivity contribution in [2.24, 2.45) is 4.99 Å². The van der Waals surface area contributed by atoms with Crippen molar-refractivity contribution in [2.45, 2.75) is 50.5 Å². The third-order valence-electron chi connectivity index (χ3n) is 4.73. The van der Waals surface area contributed by atoms with E-state index in [2.05, 4.69) is 15.6 Å². The van der Waals surface area contributed by atoms with Crippen molar-refractivity contribution in [3.05, 3.63) is 30.3 Å². The molecule has 0 aromatic heterocycles. The van der Waals surface area contributed by atoms with Gasteiger partial charge in [0.15, 0.2) is 15.8 Å². The summed E-state index contributed by atoms with van der Waals surface area (Å²) in [6.45, 7) is 6.78. The lowest BCUT2D eigenvalue weighted by atomic mass is 10.2. The molecule has 7 nitrogen and oxygen atoms in total. The van der Waals surface area contributed by atoms with Gasteiger partial charge in [0.1, 0.15) is 0 Å². The van der Waals surface area contributed by atoms with Crippen LogP contribution in [0.3, 0.4) is 0 Å². The van der Waals surface area contributed by atoms with Crippen LogP contribution < -0.4 is 10.6 Å². The lowest BCUT2D eigenvalue weighted by molar-refractivity contribution is -0.127. The molecule has 1 aliphatic heterocycles. The standard InChI is InChI=1S/C20H32N4O3S.HI/c1-3-17(16-28(26,27)18-10-6-5-7-11-18)23-20(21-4-2)22-13-9-15-24-14-8-12-19(24)25;/h5-7,10-11,17H,3-4,8-9,12-16H2,1-2H3,(H2,21,22,23);1H. The Kier molecular flexibility index (Phi) is 11.6. The van der Waals surface area contributed by atoms with Crippen molar-refractivity contribution in [2.75, 3.05) is 31.9 Å². The number of guanidine groups is 1. The van der Waals surface area contributed by atoms with Crippen LogP contribution in [-0.4, -0.2) is 63.2 Å². The maximum atomic E-state index is 12.6. The van der Waals surface area contributed by atoms with Gasteiger partial charge in [-0.3, -0.25) is 9.79 Å². The molecule has 2 N–H and O–H groups in total. The van der Waals surface area contributed by atoms with Gasteiger partial charge >= 0.3 is 0 Å². The number of halogens is 1. The highest BCUT2D eigenvalue weighted by Crippen LogP contribution is 2.12. The van der Waals surface area contributed by atoms with E-state index < -0.39 is 9.84 Å². The van der Waals surface area contributed by atoms with Gasteiger partial charge in [0, 0.05) is 38.6 Å². The molecular formula is C20H33IN4O3S. The number of hydrogen-bond donors (Lipinski definition) is 2. The fourth-order valence-corrected chi connectivity index (χ4v) is 4.77. The molecule has 164 valence electrons. The summed E-state index contributed by atoms with van der Waals surface area (Å²) >= 11 is 0. The molecule has 1 saturated heterocycles. The summed E-state index contributed by atoms with van der Waals surface area (Å²) < 4.78 is 25.3. The van der Waals surface area contributed by atoms with Crippen LogP contribution in [0.5, 0.6) is 0 Å². The fraction of sp³-hybridized carbons (Fsp3) is 0.600. The topological polar surface area (TPSA) is 90.9 Å². The highest BCUT2D eigenvalue weighted by Gasteiger charge is 2.21. The summed E-state index contributed by atoms with van der Waals surface area (Å²) in [5.74, 6) is 0.858. The molecule has 1 amide bonds. The minimum atomic E-state index is -3.36. The van der Waals surface area contributed by atoms with E-state index in [0.717, 1.165) is 25.9 Å². The van der Waals surface area contributed by atoms with Crippen molar-refractivity contribution >= 4 is 45.7 Å². The molecule has 29 heavy (non-hydrogen) atoms. The predicted molar refractivity (Wildman–Crippen MR) is 128 cm³/mol. The predicted octanol–water partition coefficient (Wildman–Crippen LogP) is 2.42. The number of nitrogens with zero attached hydrogens (tertiary/aromatic N) is 2. The van der Waals surface area contributed by atoms with Gasteiger partial charge in [0.2, 0.25) is 5.91 Å². The SMILES string of the molecule is CCNC(=NCCCN1CCCC1=O)NC(CC)CS(=O)(=O)c1ccccc1.I. The molecule has 1 unspecified atom stereocenters. The Bertz CT molecular complexity index is 756. The maximum absolute atomic E-state index is 12.6. The second-order valence-corrected chi connectivity index (χ2v) is 8.98. The smallest absolute Gasteiger partial charge is 0.222 e.